The summed E-state index contributed by atoms with van der Waals surface area (Å²) in [5, 5.41) is 1.65. The van der Waals surface area contributed by atoms with E-state index in [-0.39, 0.29) is 5.91 Å². The average Bonchev–Trinajstić information content (AvgIpc) is 2.32. The molecule has 1 aromatic rings. The fourth-order valence-corrected chi connectivity index (χ4v) is 1.70. The molecule has 5 heteroatoms. The van der Waals surface area contributed by atoms with E-state index in [1.54, 1.807) is 18.2 Å². The zero-order valence-corrected chi connectivity index (χ0v) is 13.5. The number of hydrazine groups is 1. The molecule has 0 aliphatic carbocycles. The Hall–Kier alpha value is -1.26. The van der Waals surface area contributed by atoms with Crippen LogP contribution < -0.4 is 10.6 Å². The molecule has 0 atom stereocenters. The summed E-state index contributed by atoms with van der Waals surface area (Å²) in [7, 11) is 0. The van der Waals surface area contributed by atoms with Crippen molar-refractivity contribution >= 4 is 17.5 Å². The maximum atomic E-state index is 12.3. The highest BCUT2D eigenvalue weighted by Gasteiger charge is 2.25. The number of hydrogen-bond donors (Lipinski definition) is 1. The highest BCUT2D eigenvalue weighted by molar-refractivity contribution is 6.31. The Balaban J connectivity index is 2.98. The van der Waals surface area contributed by atoms with Crippen molar-refractivity contribution in [3.05, 3.63) is 28.8 Å². The summed E-state index contributed by atoms with van der Waals surface area (Å²) in [6.07, 6.45) is 0. The molecule has 0 saturated carbocycles. The Bertz CT molecular complexity index is 481. The summed E-state index contributed by atoms with van der Waals surface area (Å²) < 4.78 is 5.61. The molecule has 0 aliphatic heterocycles. The molecule has 0 bridgehead atoms. The third-order valence-corrected chi connectivity index (χ3v) is 2.86. The zero-order valence-electron chi connectivity index (χ0n) is 12.7. The van der Waals surface area contributed by atoms with Crippen LogP contribution in [0.15, 0.2) is 18.2 Å². The van der Waals surface area contributed by atoms with Crippen LogP contribution >= 0.6 is 11.6 Å². The van der Waals surface area contributed by atoms with Gasteiger partial charge in [0.15, 0.2) is 0 Å². The summed E-state index contributed by atoms with van der Waals surface area (Å²) in [6.45, 7) is 10.3. The molecule has 1 rings (SSSR count). The fourth-order valence-electron chi connectivity index (χ4n) is 1.48. The van der Waals surface area contributed by atoms with Gasteiger partial charge >= 0.3 is 0 Å². The predicted molar refractivity (Wildman–Crippen MR) is 81.9 cm³/mol. The first-order valence-corrected chi connectivity index (χ1v) is 7.01. The van der Waals surface area contributed by atoms with E-state index < -0.39 is 5.54 Å². The van der Waals surface area contributed by atoms with Gasteiger partial charge in [-0.3, -0.25) is 9.80 Å². The lowest BCUT2D eigenvalue weighted by molar-refractivity contribution is 0.0581. The first kappa shape index (κ1) is 16.8. The SMILES string of the molecule is CC(C)COc1cc(Cl)cc(C(=O)N(N)C(C)(C)C)c1. The number of ether oxygens (including phenoxy) is 1. The minimum atomic E-state index is -0.460. The Kier molecular flexibility index (Phi) is 5.42. The van der Waals surface area contributed by atoms with Crippen LogP contribution in [0.2, 0.25) is 5.02 Å². The third kappa shape index (κ3) is 4.69. The normalized spacial score (nSPS) is 11.6. The molecular formula is C15H23ClN2O2. The van der Waals surface area contributed by atoms with Gasteiger partial charge in [0.2, 0.25) is 0 Å². The van der Waals surface area contributed by atoms with Crippen LogP contribution in [-0.4, -0.2) is 23.1 Å². The number of rotatable bonds is 4. The molecule has 0 unspecified atom stereocenters. The van der Waals surface area contributed by atoms with E-state index in [0.29, 0.717) is 28.9 Å². The van der Waals surface area contributed by atoms with E-state index in [1.807, 2.05) is 20.8 Å². The number of carbonyl (C=O) groups excluding carboxylic acids is 1. The van der Waals surface area contributed by atoms with E-state index in [1.165, 1.54) is 5.01 Å². The smallest absolute Gasteiger partial charge is 0.268 e. The summed E-state index contributed by atoms with van der Waals surface area (Å²) >= 11 is 6.04. The summed E-state index contributed by atoms with van der Waals surface area (Å²) in [5.74, 6) is 6.54. The summed E-state index contributed by atoms with van der Waals surface area (Å²) in [6, 6.07) is 4.96. The lowest BCUT2D eigenvalue weighted by Gasteiger charge is -2.31. The van der Waals surface area contributed by atoms with Gasteiger partial charge in [-0.25, -0.2) is 5.84 Å². The number of amides is 1. The van der Waals surface area contributed by atoms with Crippen LogP contribution in [0.25, 0.3) is 0 Å². The highest BCUT2D eigenvalue weighted by atomic mass is 35.5. The van der Waals surface area contributed by atoms with Gasteiger partial charge in [-0.2, -0.15) is 0 Å². The highest BCUT2D eigenvalue weighted by Crippen LogP contribution is 2.23. The molecular weight excluding hydrogens is 276 g/mol. The molecule has 0 fully saturated rings. The van der Waals surface area contributed by atoms with Crippen LogP contribution in [0, 0.1) is 5.92 Å². The van der Waals surface area contributed by atoms with Gasteiger partial charge in [-0.15, -0.1) is 0 Å². The van der Waals surface area contributed by atoms with Gasteiger partial charge < -0.3 is 4.74 Å². The molecule has 0 radical (unpaired) electrons. The Morgan fingerprint density at radius 2 is 1.95 bits per heavy atom. The van der Waals surface area contributed by atoms with Crippen LogP contribution in [-0.2, 0) is 0 Å². The quantitative estimate of drug-likeness (QED) is 0.526. The van der Waals surface area contributed by atoms with Gasteiger partial charge in [0.05, 0.1) is 12.1 Å². The van der Waals surface area contributed by atoms with Crippen molar-refractivity contribution < 1.29 is 9.53 Å². The van der Waals surface area contributed by atoms with E-state index in [2.05, 4.69) is 13.8 Å². The maximum Gasteiger partial charge on any atom is 0.268 e. The van der Waals surface area contributed by atoms with Crippen molar-refractivity contribution in [2.24, 2.45) is 11.8 Å². The number of carbonyl (C=O) groups is 1. The van der Waals surface area contributed by atoms with Crippen molar-refractivity contribution in [1.82, 2.24) is 5.01 Å². The van der Waals surface area contributed by atoms with Crippen molar-refractivity contribution in [1.29, 1.82) is 0 Å². The van der Waals surface area contributed by atoms with E-state index in [9.17, 15) is 4.79 Å². The van der Waals surface area contributed by atoms with Gasteiger partial charge in [0.1, 0.15) is 5.75 Å². The predicted octanol–water partition coefficient (Wildman–Crippen LogP) is 3.49. The van der Waals surface area contributed by atoms with Gasteiger partial charge in [0, 0.05) is 10.6 Å². The molecule has 20 heavy (non-hydrogen) atoms. The van der Waals surface area contributed by atoms with Crippen LogP contribution in [0.5, 0.6) is 5.75 Å². The third-order valence-electron chi connectivity index (χ3n) is 2.64. The maximum absolute atomic E-state index is 12.3. The first-order valence-electron chi connectivity index (χ1n) is 6.64. The van der Waals surface area contributed by atoms with Gasteiger partial charge in [0.25, 0.3) is 5.91 Å². The minimum Gasteiger partial charge on any atom is -0.493 e. The molecule has 1 aromatic carbocycles. The molecule has 0 aromatic heterocycles. The second-order valence-corrected chi connectivity index (χ2v) is 6.66. The largest absolute Gasteiger partial charge is 0.493 e. The summed E-state index contributed by atoms with van der Waals surface area (Å²) in [4.78, 5) is 12.3. The van der Waals surface area contributed by atoms with E-state index in [4.69, 9.17) is 22.2 Å². The minimum absolute atomic E-state index is 0.283. The monoisotopic (exact) mass is 298 g/mol. The molecule has 0 saturated heterocycles. The van der Waals surface area contributed by atoms with Crippen molar-refractivity contribution in [2.75, 3.05) is 6.61 Å². The van der Waals surface area contributed by atoms with Crippen LogP contribution in [0.3, 0.4) is 0 Å². The van der Waals surface area contributed by atoms with Crippen LogP contribution in [0.1, 0.15) is 45.0 Å². The second-order valence-electron chi connectivity index (χ2n) is 6.23. The topological polar surface area (TPSA) is 55.6 Å². The van der Waals surface area contributed by atoms with Crippen molar-refractivity contribution in [3.63, 3.8) is 0 Å². The molecule has 0 aliphatic rings. The molecule has 0 heterocycles. The Morgan fingerprint density at radius 1 is 1.35 bits per heavy atom. The molecule has 2 N–H and O–H groups in total. The first-order chi connectivity index (χ1) is 9.11. The number of halogens is 1. The lowest BCUT2D eigenvalue weighted by atomic mass is 10.1. The Morgan fingerprint density at radius 3 is 2.45 bits per heavy atom. The van der Waals surface area contributed by atoms with Crippen molar-refractivity contribution in [3.8, 4) is 5.75 Å². The molecule has 1 amide bonds. The van der Waals surface area contributed by atoms with Crippen molar-refractivity contribution in [2.45, 2.75) is 40.2 Å². The number of benzene rings is 1. The molecule has 4 nitrogen and oxygen atoms in total. The van der Waals surface area contributed by atoms with Crippen LogP contribution in [0.4, 0.5) is 0 Å². The average molecular weight is 299 g/mol. The number of hydrogen-bond acceptors (Lipinski definition) is 3. The van der Waals surface area contributed by atoms with Gasteiger partial charge in [-0.1, -0.05) is 25.4 Å². The Labute approximate surface area is 125 Å². The lowest BCUT2D eigenvalue weighted by Crippen LogP contribution is -2.50. The molecule has 112 valence electrons. The van der Waals surface area contributed by atoms with E-state index in [0.717, 1.165) is 0 Å². The van der Waals surface area contributed by atoms with E-state index >= 15 is 0 Å². The number of nitrogens with zero attached hydrogens (tertiary/aromatic N) is 1. The standard InChI is InChI=1S/C15H23ClN2O2/c1-10(2)9-20-13-7-11(6-12(16)8-13)14(19)18(17)15(3,4)5/h6-8,10H,9,17H2,1-5H3. The second kappa shape index (κ2) is 6.46. The zero-order chi connectivity index (χ0) is 15.5. The van der Waals surface area contributed by atoms with Gasteiger partial charge in [-0.05, 0) is 44.9 Å². The number of nitrogens with two attached hydrogens (primary N) is 1. The fraction of sp³-hybridized carbons (Fsp3) is 0.533. The summed E-state index contributed by atoms with van der Waals surface area (Å²) in [5.41, 5.74) is -0.0353. The molecule has 0 spiro atoms.